The molecule has 1 saturated heterocycles. The van der Waals surface area contributed by atoms with Gasteiger partial charge in [0.05, 0.1) is 11.3 Å². The fourth-order valence-corrected chi connectivity index (χ4v) is 2.43. The Balaban J connectivity index is 1.95. The average Bonchev–Trinajstić information content (AvgIpc) is 2.67. The molecule has 0 radical (unpaired) electrons. The van der Waals surface area contributed by atoms with E-state index in [0.29, 0.717) is 5.56 Å². The molecule has 2 rings (SSSR count). The third-order valence-electron chi connectivity index (χ3n) is 3.45. The molecular weight excluding hydrogens is 258 g/mol. The maximum absolute atomic E-state index is 12.0. The second-order valence-electron chi connectivity index (χ2n) is 5.03. The zero-order valence-electron chi connectivity index (χ0n) is 11.3. The predicted octanol–water partition coefficient (Wildman–Crippen LogP) is 1.40. The fourth-order valence-electron chi connectivity index (χ4n) is 2.43. The van der Waals surface area contributed by atoms with E-state index in [-0.39, 0.29) is 24.1 Å². The first-order valence-corrected chi connectivity index (χ1v) is 6.89. The van der Waals surface area contributed by atoms with E-state index in [4.69, 9.17) is 0 Å². The molecule has 20 heavy (non-hydrogen) atoms. The summed E-state index contributed by atoms with van der Waals surface area (Å²) in [5.41, 5.74) is 0.457. The minimum absolute atomic E-state index is 0.00152. The van der Waals surface area contributed by atoms with E-state index >= 15 is 0 Å². The molecule has 0 aromatic heterocycles. The molecule has 6 nitrogen and oxygen atoms in total. The quantitative estimate of drug-likeness (QED) is 0.643. The summed E-state index contributed by atoms with van der Waals surface area (Å²) in [5, 5.41) is 17.1. The van der Waals surface area contributed by atoms with Gasteiger partial charge in [0.1, 0.15) is 0 Å². The monoisotopic (exact) mass is 277 g/mol. The predicted molar refractivity (Wildman–Crippen MR) is 75.5 cm³/mol. The molecule has 1 unspecified atom stereocenters. The van der Waals surface area contributed by atoms with Crippen LogP contribution in [0.1, 0.15) is 24.8 Å². The number of carbonyl (C=O) groups is 1. The van der Waals surface area contributed by atoms with Crippen LogP contribution >= 0.6 is 0 Å². The molecule has 6 heteroatoms. The van der Waals surface area contributed by atoms with E-state index < -0.39 is 4.92 Å². The van der Waals surface area contributed by atoms with E-state index in [9.17, 15) is 14.9 Å². The highest BCUT2D eigenvalue weighted by Crippen LogP contribution is 2.18. The van der Waals surface area contributed by atoms with Crippen LogP contribution in [-0.2, 0) is 11.2 Å². The first kappa shape index (κ1) is 14.5. The Kier molecular flexibility index (Phi) is 5.06. The first-order valence-electron chi connectivity index (χ1n) is 6.89. The van der Waals surface area contributed by atoms with Crippen LogP contribution in [0.4, 0.5) is 5.69 Å². The molecule has 1 heterocycles. The summed E-state index contributed by atoms with van der Waals surface area (Å²) in [5.74, 6) is -0.159. The van der Waals surface area contributed by atoms with Gasteiger partial charge in [-0.15, -0.1) is 0 Å². The summed E-state index contributed by atoms with van der Waals surface area (Å²) in [6.45, 7) is 1.75. The fraction of sp³-hybridized carbons (Fsp3) is 0.500. The average molecular weight is 277 g/mol. The van der Waals surface area contributed by atoms with Crippen molar-refractivity contribution in [1.82, 2.24) is 10.6 Å². The number of rotatable bonds is 4. The number of carbonyl (C=O) groups excluding carboxylic acids is 1. The van der Waals surface area contributed by atoms with Crippen LogP contribution < -0.4 is 10.6 Å². The Morgan fingerprint density at radius 3 is 3.00 bits per heavy atom. The van der Waals surface area contributed by atoms with E-state index in [1.165, 1.54) is 6.07 Å². The topological polar surface area (TPSA) is 84.3 Å². The van der Waals surface area contributed by atoms with Crippen molar-refractivity contribution >= 4 is 11.6 Å². The van der Waals surface area contributed by atoms with Crippen molar-refractivity contribution in [3.63, 3.8) is 0 Å². The van der Waals surface area contributed by atoms with Crippen molar-refractivity contribution in [2.24, 2.45) is 0 Å². The number of nitrogens with one attached hydrogen (secondary N) is 2. The minimum atomic E-state index is -0.449. The maximum atomic E-state index is 12.0. The lowest BCUT2D eigenvalue weighted by molar-refractivity contribution is -0.385. The minimum Gasteiger partial charge on any atom is -0.352 e. The molecule has 1 aliphatic heterocycles. The van der Waals surface area contributed by atoms with Crippen LogP contribution in [0, 0.1) is 10.1 Å². The van der Waals surface area contributed by atoms with Gasteiger partial charge in [-0.25, -0.2) is 0 Å². The van der Waals surface area contributed by atoms with Gasteiger partial charge in [0.2, 0.25) is 5.91 Å². The van der Waals surface area contributed by atoms with Gasteiger partial charge in [0.25, 0.3) is 5.69 Å². The molecule has 1 aliphatic rings. The third-order valence-corrected chi connectivity index (χ3v) is 3.45. The number of hydrogen-bond acceptors (Lipinski definition) is 4. The van der Waals surface area contributed by atoms with Crippen molar-refractivity contribution < 1.29 is 9.72 Å². The Labute approximate surface area is 117 Å². The Bertz CT molecular complexity index is 482. The third kappa shape index (κ3) is 4.03. The molecule has 0 saturated carbocycles. The summed E-state index contributed by atoms with van der Waals surface area (Å²) in [4.78, 5) is 22.5. The second kappa shape index (κ2) is 7.00. The molecule has 108 valence electrons. The van der Waals surface area contributed by atoms with Crippen LogP contribution in [0.3, 0.4) is 0 Å². The summed E-state index contributed by atoms with van der Waals surface area (Å²) < 4.78 is 0. The molecule has 1 aromatic carbocycles. The normalized spacial score (nSPS) is 19.1. The number of nitrogens with zero attached hydrogens (tertiary/aromatic N) is 1. The lowest BCUT2D eigenvalue weighted by Crippen LogP contribution is -2.41. The summed E-state index contributed by atoms with van der Waals surface area (Å²) in [6, 6.07) is 6.49. The van der Waals surface area contributed by atoms with Gasteiger partial charge < -0.3 is 10.6 Å². The number of para-hydroxylation sites is 1. The summed E-state index contributed by atoms with van der Waals surface area (Å²) in [7, 11) is 0. The van der Waals surface area contributed by atoms with Crippen LogP contribution in [0.25, 0.3) is 0 Å². The van der Waals surface area contributed by atoms with Gasteiger partial charge in [-0.05, 0) is 19.4 Å². The van der Waals surface area contributed by atoms with Gasteiger partial charge in [-0.2, -0.15) is 0 Å². The Morgan fingerprint density at radius 1 is 1.40 bits per heavy atom. The molecular formula is C14H19N3O3. The first-order chi connectivity index (χ1) is 9.66. The van der Waals surface area contributed by atoms with Crippen LogP contribution in [-0.4, -0.2) is 30.0 Å². The van der Waals surface area contributed by atoms with E-state index in [1.807, 2.05) is 0 Å². The van der Waals surface area contributed by atoms with Crippen LogP contribution in [0.5, 0.6) is 0 Å². The van der Waals surface area contributed by atoms with Crippen molar-refractivity contribution in [2.75, 3.05) is 13.1 Å². The molecule has 1 atom stereocenters. The van der Waals surface area contributed by atoms with Crippen molar-refractivity contribution in [3.05, 3.63) is 39.9 Å². The molecule has 0 bridgehead atoms. The number of hydrogen-bond donors (Lipinski definition) is 2. The SMILES string of the molecule is O=C(Cc1ccccc1[N+](=O)[O-])NC1CCCCNC1. The van der Waals surface area contributed by atoms with Crippen LogP contribution in [0.2, 0.25) is 0 Å². The van der Waals surface area contributed by atoms with Gasteiger partial charge in [0, 0.05) is 24.2 Å². The number of benzene rings is 1. The smallest absolute Gasteiger partial charge is 0.273 e. The van der Waals surface area contributed by atoms with Gasteiger partial charge in [-0.1, -0.05) is 24.6 Å². The highest BCUT2D eigenvalue weighted by Gasteiger charge is 2.18. The summed E-state index contributed by atoms with van der Waals surface area (Å²) >= 11 is 0. The lowest BCUT2D eigenvalue weighted by Gasteiger charge is -2.16. The molecule has 1 aromatic rings. The summed E-state index contributed by atoms with van der Waals surface area (Å²) in [6.07, 6.45) is 3.21. The zero-order chi connectivity index (χ0) is 14.4. The number of amides is 1. The molecule has 1 fully saturated rings. The van der Waals surface area contributed by atoms with Crippen molar-refractivity contribution in [3.8, 4) is 0 Å². The highest BCUT2D eigenvalue weighted by atomic mass is 16.6. The van der Waals surface area contributed by atoms with E-state index in [1.54, 1.807) is 18.2 Å². The van der Waals surface area contributed by atoms with Gasteiger partial charge >= 0.3 is 0 Å². The standard InChI is InChI=1S/C14H19N3O3/c18-14(16-12-6-3-4-8-15-10-12)9-11-5-1-2-7-13(11)17(19)20/h1-2,5,7,12,15H,3-4,6,8-10H2,(H,16,18). The Morgan fingerprint density at radius 2 is 2.20 bits per heavy atom. The van der Waals surface area contributed by atoms with Gasteiger partial charge in [0.15, 0.2) is 0 Å². The molecule has 1 amide bonds. The molecule has 0 spiro atoms. The van der Waals surface area contributed by atoms with E-state index in [0.717, 1.165) is 32.4 Å². The lowest BCUT2D eigenvalue weighted by atomic mass is 10.1. The van der Waals surface area contributed by atoms with Crippen LogP contribution in [0.15, 0.2) is 24.3 Å². The zero-order valence-corrected chi connectivity index (χ0v) is 11.3. The van der Waals surface area contributed by atoms with Crippen molar-refractivity contribution in [1.29, 1.82) is 0 Å². The Hall–Kier alpha value is -1.95. The second-order valence-corrected chi connectivity index (χ2v) is 5.03. The molecule has 2 N–H and O–H groups in total. The number of nitro groups is 1. The maximum Gasteiger partial charge on any atom is 0.273 e. The van der Waals surface area contributed by atoms with E-state index in [2.05, 4.69) is 10.6 Å². The largest absolute Gasteiger partial charge is 0.352 e. The van der Waals surface area contributed by atoms with Gasteiger partial charge in [-0.3, -0.25) is 14.9 Å². The number of nitro benzene ring substituents is 1. The highest BCUT2D eigenvalue weighted by molar-refractivity contribution is 5.80. The molecule has 0 aliphatic carbocycles. The van der Waals surface area contributed by atoms with Crippen molar-refractivity contribution in [2.45, 2.75) is 31.7 Å².